The van der Waals surface area contributed by atoms with Gasteiger partial charge >= 0.3 is 0 Å². The third-order valence-corrected chi connectivity index (χ3v) is 7.78. The molecule has 1 aromatic heterocycles. The van der Waals surface area contributed by atoms with Gasteiger partial charge in [-0.05, 0) is 44.2 Å². The lowest BCUT2D eigenvalue weighted by Crippen LogP contribution is -2.48. The molecule has 1 aliphatic heterocycles. The molecule has 174 valence electrons. The highest BCUT2D eigenvalue weighted by Gasteiger charge is 2.32. The Balaban J connectivity index is 1.57. The van der Waals surface area contributed by atoms with Gasteiger partial charge in [-0.25, -0.2) is 8.42 Å². The summed E-state index contributed by atoms with van der Waals surface area (Å²) in [6, 6.07) is 11.2. The number of nitrogens with zero attached hydrogens (tertiary/aromatic N) is 4. The summed E-state index contributed by atoms with van der Waals surface area (Å²) in [7, 11) is -2.40. The van der Waals surface area contributed by atoms with E-state index in [0.29, 0.717) is 24.4 Å². The summed E-state index contributed by atoms with van der Waals surface area (Å²) in [5, 5.41) is 14.8. The molecule has 0 unspecified atom stereocenters. The lowest BCUT2D eigenvalue weighted by Gasteiger charge is -2.35. The maximum atomic E-state index is 13.5. The largest absolute Gasteiger partial charge is 0.495 e. The first-order valence-electron chi connectivity index (χ1n) is 10.3. The topological polar surface area (TPSA) is 119 Å². The predicted octanol–water partition coefficient (Wildman–Crippen LogP) is 3.39. The summed E-state index contributed by atoms with van der Waals surface area (Å²) in [6.45, 7) is 5.16. The molecule has 0 radical (unpaired) electrons. The van der Waals surface area contributed by atoms with Crippen LogP contribution in [0.1, 0.15) is 11.3 Å². The highest BCUT2D eigenvalue weighted by molar-refractivity contribution is 7.89. The van der Waals surface area contributed by atoms with Crippen LogP contribution < -0.4 is 9.64 Å². The molecule has 1 fully saturated rings. The van der Waals surface area contributed by atoms with Crippen LogP contribution in [-0.2, 0) is 10.0 Å². The molecule has 2 heterocycles. The number of non-ortho nitro benzene ring substituents is 1. The van der Waals surface area contributed by atoms with Gasteiger partial charge in [0.1, 0.15) is 10.6 Å². The van der Waals surface area contributed by atoms with E-state index in [1.165, 1.54) is 23.5 Å². The van der Waals surface area contributed by atoms with Crippen molar-refractivity contribution in [1.82, 2.24) is 9.46 Å². The summed E-state index contributed by atoms with van der Waals surface area (Å²) in [5.74, 6) is 0.778. The summed E-state index contributed by atoms with van der Waals surface area (Å²) >= 11 is 0. The number of sulfonamides is 1. The van der Waals surface area contributed by atoms with Crippen molar-refractivity contribution in [2.24, 2.45) is 0 Å². The molecule has 0 spiro atoms. The number of nitro groups is 1. The molecule has 0 bridgehead atoms. The number of hydrogen-bond donors (Lipinski definition) is 0. The van der Waals surface area contributed by atoms with E-state index in [-0.39, 0.29) is 29.4 Å². The van der Waals surface area contributed by atoms with E-state index in [1.54, 1.807) is 30.3 Å². The maximum Gasteiger partial charge on any atom is 0.269 e. The van der Waals surface area contributed by atoms with Crippen molar-refractivity contribution in [2.45, 2.75) is 18.7 Å². The van der Waals surface area contributed by atoms with E-state index in [2.05, 4.69) is 5.16 Å². The van der Waals surface area contributed by atoms with Gasteiger partial charge in [-0.3, -0.25) is 10.1 Å². The Morgan fingerprint density at radius 1 is 1.06 bits per heavy atom. The normalized spacial score (nSPS) is 14.9. The molecule has 10 nitrogen and oxygen atoms in total. The molecule has 4 rings (SSSR count). The van der Waals surface area contributed by atoms with E-state index >= 15 is 0 Å². The quantitative estimate of drug-likeness (QED) is 0.396. The molecule has 1 saturated heterocycles. The number of nitro benzene ring substituents is 1. The third kappa shape index (κ3) is 4.29. The van der Waals surface area contributed by atoms with Gasteiger partial charge < -0.3 is 14.2 Å². The van der Waals surface area contributed by atoms with Crippen LogP contribution >= 0.6 is 0 Å². The van der Waals surface area contributed by atoms with Gasteiger partial charge in [0.15, 0.2) is 5.76 Å². The van der Waals surface area contributed by atoms with Gasteiger partial charge in [-0.15, -0.1) is 0 Å². The fraction of sp³-hybridized carbons (Fsp3) is 0.318. The summed E-state index contributed by atoms with van der Waals surface area (Å²) < 4.78 is 39.2. The monoisotopic (exact) mass is 472 g/mol. The van der Waals surface area contributed by atoms with Gasteiger partial charge in [-0.2, -0.15) is 4.31 Å². The molecule has 1 aliphatic rings. The zero-order valence-corrected chi connectivity index (χ0v) is 19.3. The Labute approximate surface area is 191 Å². The number of methoxy groups -OCH3 is 1. The highest BCUT2D eigenvalue weighted by atomic mass is 32.2. The first-order valence-corrected chi connectivity index (χ1v) is 11.8. The Kier molecular flexibility index (Phi) is 6.09. The van der Waals surface area contributed by atoms with Gasteiger partial charge in [0, 0.05) is 55.1 Å². The predicted molar refractivity (Wildman–Crippen MR) is 122 cm³/mol. The second kappa shape index (κ2) is 8.83. The van der Waals surface area contributed by atoms with Gasteiger partial charge in [0.25, 0.3) is 5.69 Å². The Bertz CT molecular complexity index is 1280. The molecule has 2 aromatic carbocycles. The summed E-state index contributed by atoms with van der Waals surface area (Å²) in [6.07, 6.45) is 0. The van der Waals surface area contributed by atoms with E-state index < -0.39 is 14.9 Å². The average Bonchev–Trinajstić information content (AvgIpc) is 3.16. The first-order chi connectivity index (χ1) is 15.7. The Morgan fingerprint density at radius 3 is 2.27 bits per heavy atom. The van der Waals surface area contributed by atoms with Crippen molar-refractivity contribution in [1.29, 1.82) is 0 Å². The molecule has 0 atom stereocenters. The number of hydrogen-bond acceptors (Lipinski definition) is 8. The lowest BCUT2D eigenvalue weighted by molar-refractivity contribution is -0.384. The molecular formula is C22H24N4O6S. The van der Waals surface area contributed by atoms with Crippen molar-refractivity contribution in [3.05, 3.63) is 63.8 Å². The van der Waals surface area contributed by atoms with Gasteiger partial charge in [-0.1, -0.05) is 5.16 Å². The molecule has 0 N–H and O–H groups in total. The minimum Gasteiger partial charge on any atom is -0.495 e. The number of piperazine rings is 1. The van der Waals surface area contributed by atoms with Crippen LogP contribution in [0.25, 0.3) is 11.3 Å². The number of ether oxygens (including phenoxy) is 1. The van der Waals surface area contributed by atoms with E-state index in [0.717, 1.165) is 16.9 Å². The number of aromatic nitrogens is 1. The van der Waals surface area contributed by atoms with E-state index in [1.807, 2.05) is 18.7 Å². The molecular weight excluding hydrogens is 448 g/mol. The number of rotatable bonds is 6. The molecule has 3 aromatic rings. The van der Waals surface area contributed by atoms with Crippen molar-refractivity contribution < 1.29 is 22.6 Å². The van der Waals surface area contributed by atoms with Crippen LogP contribution in [0.4, 0.5) is 11.4 Å². The van der Waals surface area contributed by atoms with Gasteiger partial charge in [0.2, 0.25) is 10.0 Å². The second-order valence-corrected chi connectivity index (χ2v) is 9.66. The summed E-state index contributed by atoms with van der Waals surface area (Å²) in [4.78, 5) is 12.5. The smallest absolute Gasteiger partial charge is 0.269 e. The minimum absolute atomic E-state index is 0.0177. The van der Waals surface area contributed by atoms with Crippen LogP contribution in [0.15, 0.2) is 51.9 Å². The second-order valence-electron chi connectivity index (χ2n) is 7.75. The van der Waals surface area contributed by atoms with Crippen LogP contribution in [0.3, 0.4) is 0 Å². The lowest BCUT2D eigenvalue weighted by atomic mass is 10.1. The highest BCUT2D eigenvalue weighted by Crippen LogP contribution is 2.34. The zero-order chi connectivity index (χ0) is 23.8. The first kappa shape index (κ1) is 22.7. The molecule has 0 saturated carbocycles. The fourth-order valence-corrected chi connectivity index (χ4v) is 5.42. The molecule has 11 heteroatoms. The van der Waals surface area contributed by atoms with Crippen LogP contribution in [-0.4, -0.2) is 56.1 Å². The van der Waals surface area contributed by atoms with E-state index in [9.17, 15) is 18.5 Å². The van der Waals surface area contributed by atoms with Crippen LogP contribution in [0.2, 0.25) is 0 Å². The van der Waals surface area contributed by atoms with Crippen molar-refractivity contribution in [2.75, 3.05) is 38.2 Å². The Morgan fingerprint density at radius 2 is 1.73 bits per heavy atom. The Hall–Kier alpha value is -3.44. The number of anilines is 1. The third-order valence-electron chi connectivity index (χ3n) is 5.87. The average molecular weight is 473 g/mol. The van der Waals surface area contributed by atoms with E-state index in [4.69, 9.17) is 9.26 Å². The maximum absolute atomic E-state index is 13.5. The van der Waals surface area contributed by atoms with Gasteiger partial charge in [0.05, 0.1) is 17.7 Å². The zero-order valence-electron chi connectivity index (χ0n) is 18.5. The van der Waals surface area contributed by atoms with Crippen LogP contribution in [0, 0.1) is 24.0 Å². The number of aryl methyl sites for hydroxylation is 1. The number of benzene rings is 2. The minimum atomic E-state index is -3.83. The van der Waals surface area contributed by atoms with Crippen molar-refractivity contribution in [3.63, 3.8) is 0 Å². The molecule has 33 heavy (non-hydrogen) atoms. The fourth-order valence-electron chi connectivity index (χ4n) is 3.81. The molecule has 0 amide bonds. The summed E-state index contributed by atoms with van der Waals surface area (Å²) in [5.41, 5.74) is 3.03. The standard InChI is InChI=1S/C22H24N4O6S/c1-15-16(2)23-32-22(15)17-4-9-20(31-3)21(14-17)33(29,30)25-12-10-24(11-13-25)18-5-7-19(8-6-18)26(27)28/h4-9,14H,10-13H2,1-3H3. The van der Waals surface area contributed by atoms with Crippen molar-refractivity contribution in [3.8, 4) is 17.1 Å². The van der Waals surface area contributed by atoms with Crippen LogP contribution in [0.5, 0.6) is 5.75 Å². The SMILES string of the molecule is COc1ccc(-c2onc(C)c2C)cc1S(=O)(=O)N1CCN(c2ccc([N+](=O)[O-])cc2)CC1. The molecule has 0 aliphatic carbocycles. The van der Waals surface area contributed by atoms with Crippen molar-refractivity contribution >= 4 is 21.4 Å².